The van der Waals surface area contributed by atoms with Crippen molar-refractivity contribution in [1.82, 2.24) is 4.57 Å². The van der Waals surface area contributed by atoms with Crippen LogP contribution in [0, 0.1) is 6.92 Å². The quantitative estimate of drug-likeness (QED) is 0.598. The summed E-state index contributed by atoms with van der Waals surface area (Å²) in [7, 11) is 0. The average Bonchev–Trinajstić information content (AvgIpc) is 2.79. The van der Waals surface area contributed by atoms with Crippen molar-refractivity contribution < 1.29 is 0 Å². The summed E-state index contributed by atoms with van der Waals surface area (Å²) in [6.45, 7) is 6.67. The maximum atomic E-state index is 2.32. The van der Waals surface area contributed by atoms with E-state index in [1.807, 2.05) is 0 Å². The van der Waals surface area contributed by atoms with E-state index in [9.17, 15) is 0 Å². The average molecular weight is 249 g/mol. The fraction of sp³-hybridized carbons (Fsp3) is 0.222. The van der Waals surface area contributed by atoms with Gasteiger partial charge in [0.25, 0.3) is 0 Å². The van der Waals surface area contributed by atoms with E-state index in [1.165, 1.54) is 27.7 Å². The van der Waals surface area contributed by atoms with Gasteiger partial charge in [-0.15, -0.1) is 0 Å². The second-order valence-electron chi connectivity index (χ2n) is 5.41. The lowest BCUT2D eigenvalue weighted by molar-refractivity contribution is 0.869. The molecule has 0 radical (unpaired) electrons. The SMILES string of the molecule is Cc1ccccc1-n1cc(C(C)C)c2ccccc21. The Morgan fingerprint density at radius 3 is 2.32 bits per heavy atom. The monoisotopic (exact) mass is 249 g/mol. The summed E-state index contributed by atoms with van der Waals surface area (Å²) in [5.41, 5.74) is 5.28. The first-order valence-corrected chi connectivity index (χ1v) is 6.84. The summed E-state index contributed by atoms with van der Waals surface area (Å²) < 4.78 is 2.32. The minimum Gasteiger partial charge on any atom is -0.316 e. The van der Waals surface area contributed by atoms with Gasteiger partial charge in [-0.1, -0.05) is 50.2 Å². The molecule has 3 aromatic rings. The molecule has 0 bridgehead atoms. The van der Waals surface area contributed by atoms with Crippen LogP contribution in [0.1, 0.15) is 30.9 Å². The third-order valence-corrected chi connectivity index (χ3v) is 3.74. The van der Waals surface area contributed by atoms with E-state index in [0.29, 0.717) is 5.92 Å². The van der Waals surface area contributed by atoms with E-state index < -0.39 is 0 Å². The number of nitrogens with zero attached hydrogens (tertiary/aromatic N) is 1. The van der Waals surface area contributed by atoms with Gasteiger partial charge in [-0.3, -0.25) is 0 Å². The highest BCUT2D eigenvalue weighted by Gasteiger charge is 2.12. The summed E-state index contributed by atoms with van der Waals surface area (Å²) in [6.07, 6.45) is 2.29. The highest BCUT2D eigenvalue weighted by molar-refractivity contribution is 5.86. The molecule has 0 amide bonds. The van der Waals surface area contributed by atoms with Gasteiger partial charge in [0.15, 0.2) is 0 Å². The molecule has 0 aliphatic heterocycles. The normalized spacial score (nSPS) is 11.4. The number of aryl methyl sites for hydroxylation is 1. The minimum absolute atomic E-state index is 0.537. The van der Waals surface area contributed by atoms with Crippen molar-refractivity contribution in [3.05, 3.63) is 65.9 Å². The van der Waals surface area contributed by atoms with Crippen molar-refractivity contribution in [2.45, 2.75) is 26.7 Å². The van der Waals surface area contributed by atoms with Crippen molar-refractivity contribution in [3.8, 4) is 5.69 Å². The van der Waals surface area contributed by atoms with Crippen molar-refractivity contribution in [2.24, 2.45) is 0 Å². The van der Waals surface area contributed by atoms with E-state index in [-0.39, 0.29) is 0 Å². The molecule has 19 heavy (non-hydrogen) atoms. The molecule has 0 saturated carbocycles. The third kappa shape index (κ3) is 1.95. The van der Waals surface area contributed by atoms with Gasteiger partial charge in [0.05, 0.1) is 5.52 Å². The van der Waals surface area contributed by atoms with Crippen LogP contribution in [0.5, 0.6) is 0 Å². The molecule has 3 rings (SSSR count). The number of rotatable bonds is 2. The van der Waals surface area contributed by atoms with Crippen LogP contribution < -0.4 is 0 Å². The van der Waals surface area contributed by atoms with Gasteiger partial charge < -0.3 is 4.57 Å². The van der Waals surface area contributed by atoms with Crippen LogP contribution in [0.15, 0.2) is 54.7 Å². The molecular weight excluding hydrogens is 230 g/mol. The second-order valence-corrected chi connectivity index (χ2v) is 5.41. The lowest BCUT2D eigenvalue weighted by Gasteiger charge is -2.08. The summed E-state index contributed by atoms with van der Waals surface area (Å²) in [5, 5.41) is 1.36. The number of para-hydroxylation sites is 2. The summed E-state index contributed by atoms with van der Waals surface area (Å²) in [5.74, 6) is 0.537. The highest BCUT2D eigenvalue weighted by Crippen LogP contribution is 2.30. The van der Waals surface area contributed by atoms with Crippen LogP contribution in [0.2, 0.25) is 0 Å². The van der Waals surface area contributed by atoms with Gasteiger partial charge >= 0.3 is 0 Å². The van der Waals surface area contributed by atoms with Crippen molar-refractivity contribution in [2.75, 3.05) is 0 Å². The lowest BCUT2D eigenvalue weighted by atomic mass is 10.0. The van der Waals surface area contributed by atoms with Crippen LogP contribution >= 0.6 is 0 Å². The molecule has 0 saturated heterocycles. The maximum Gasteiger partial charge on any atom is 0.0531 e. The third-order valence-electron chi connectivity index (χ3n) is 3.74. The molecule has 0 atom stereocenters. The first kappa shape index (κ1) is 12.0. The van der Waals surface area contributed by atoms with Gasteiger partial charge in [-0.2, -0.15) is 0 Å². The zero-order chi connectivity index (χ0) is 13.4. The number of fused-ring (bicyclic) bond motifs is 1. The molecule has 0 aliphatic rings. The molecule has 0 N–H and O–H groups in total. The van der Waals surface area contributed by atoms with Crippen molar-refractivity contribution >= 4 is 10.9 Å². The fourth-order valence-corrected chi connectivity index (χ4v) is 2.70. The Balaban J connectivity index is 2.34. The van der Waals surface area contributed by atoms with Crippen molar-refractivity contribution in [3.63, 3.8) is 0 Å². The van der Waals surface area contributed by atoms with Crippen LogP contribution in [0.3, 0.4) is 0 Å². The molecule has 1 heterocycles. The van der Waals surface area contributed by atoms with Crippen LogP contribution in [-0.4, -0.2) is 4.57 Å². The standard InChI is InChI=1S/C18H19N/c1-13(2)16-12-19(17-10-6-4-8-14(17)3)18-11-7-5-9-15(16)18/h4-13H,1-3H3. The molecule has 0 spiro atoms. The van der Waals surface area contributed by atoms with E-state index in [4.69, 9.17) is 0 Å². The smallest absolute Gasteiger partial charge is 0.0531 e. The Morgan fingerprint density at radius 2 is 1.58 bits per heavy atom. The molecule has 0 unspecified atom stereocenters. The number of hydrogen-bond donors (Lipinski definition) is 0. The first-order chi connectivity index (χ1) is 9.18. The van der Waals surface area contributed by atoms with Gasteiger partial charge in [0.2, 0.25) is 0 Å². The lowest BCUT2D eigenvalue weighted by Crippen LogP contribution is -1.94. The Morgan fingerprint density at radius 1 is 0.895 bits per heavy atom. The second kappa shape index (κ2) is 4.58. The zero-order valence-electron chi connectivity index (χ0n) is 11.7. The van der Waals surface area contributed by atoms with Gasteiger partial charge in [0, 0.05) is 17.3 Å². The Hall–Kier alpha value is -2.02. The predicted octanol–water partition coefficient (Wildman–Crippen LogP) is 5.06. The minimum atomic E-state index is 0.537. The summed E-state index contributed by atoms with van der Waals surface area (Å²) in [6, 6.07) is 17.2. The molecule has 0 aliphatic carbocycles. The zero-order valence-corrected chi connectivity index (χ0v) is 11.7. The predicted molar refractivity (Wildman–Crippen MR) is 82.1 cm³/mol. The Bertz CT molecular complexity index is 719. The summed E-state index contributed by atoms with van der Waals surface area (Å²) in [4.78, 5) is 0. The van der Waals surface area contributed by atoms with Crippen LogP contribution in [0.4, 0.5) is 0 Å². The molecule has 96 valence electrons. The summed E-state index contributed by atoms with van der Waals surface area (Å²) >= 11 is 0. The molecular formula is C18H19N. The van der Waals surface area contributed by atoms with E-state index in [0.717, 1.165) is 0 Å². The molecule has 1 aromatic heterocycles. The van der Waals surface area contributed by atoms with Crippen LogP contribution in [0.25, 0.3) is 16.6 Å². The van der Waals surface area contributed by atoms with E-state index in [1.54, 1.807) is 0 Å². The molecule has 2 aromatic carbocycles. The fourth-order valence-electron chi connectivity index (χ4n) is 2.70. The van der Waals surface area contributed by atoms with E-state index >= 15 is 0 Å². The highest BCUT2D eigenvalue weighted by atomic mass is 15.0. The molecule has 0 fully saturated rings. The van der Waals surface area contributed by atoms with Crippen LogP contribution in [-0.2, 0) is 0 Å². The Labute approximate surface area is 114 Å². The number of aromatic nitrogens is 1. The Kier molecular flexibility index (Phi) is 2.90. The topological polar surface area (TPSA) is 4.93 Å². The molecule has 1 nitrogen and oxygen atoms in total. The van der Waals surface area contributed by atoms with Gasteiger partial charge in [-0.05, 0) is 36.1 Å². The maximum absolute atomic E-state index is 2.32. The molecule has 1 heteroatoms. The first-order valence-electron chi connectivity index (χ1n) is 6.84. The van der Waals surface area contributed by atoms with E-state index in [2.05, 4.69) is 80.1 Å². The van der Waals surface area contributed by atoms with Gasteiger partial charge in [0.1, 0.15) is 0 Å². The number of hydrogen-bond acceptors (Lipinski definition) is 0. The van der Waals surface area contributed by atoms with Crippen molar-refractivity contribution in [1.29, 1.82) is 0 Å². The largest absolute Gasteiger partial charge is 0.316 e. The number of benzene rings is 2. The van der Waals surface area contributed by atoms with Gasteiger partial charge in [-0.25, -0.2) is 0 Å².